The SMILES string of the molecule is O=C1C[C@@H](c2ccccc2C(F)(F)F)c2ncn(-c3cccnc3)c2N1. The third kappa shape index (κ3) is 2.73. The minimum atomic E-state index is -4.50. The van der Waals surface area contributed by atoms with Gasteiger partial charge in [0, 0.05) is 18.5 Å². The van der Waals surface area contributed by atoms with E-state index in [2.05, 4.69) is 15.3 Å². The van der Waals surface area contributed by atoms with Gasteiger partial charge in [0.25, 0.3) is 0 Å². The summed E-state index contributed by atoms with van der Waals surface area (Å²) < 4.78 is 41.9. The van der Waals surface area contributed by atoms with Crippen LogP contribution in [0.3, 0.4) is 0 Å². The van der Waals surface area contributed by atoms with Crippen LogP contribution < -0.4 is 5.32 Å². The van der Waals surface area contributed by atoms with Crippen LogP contribution in [0.1, 0.15) is 29.2 Å². The molecule has 1 N–H and O–H groups in total. The third-order valence-electron chi connectivity index (χ3n) is 4.34. The number of imidazole rings is 1. The van der Waals surface area contributed by atoms with Crippen molar-refractivity contribution in [2.75, 3.05) is 5.32 Å². The maximum Gasteiger partial charge on any atom is 0.416 e. The molecule has 1 aromatic carbocycles. The number of fused-ring (bicyclic) bond motifs is 1. The highest BCUT2D eigenvalue weighted by Crippen LogP contribution is 2.42. The van der Waals surface area contributed by atoms with Gasteiger partial charge in [-0.25, -0.2) is 4.98 Å². The molecule has 3 aromatic rings. The van der Waals surface area contributed by atoms with Crippen LogP contribution in [0.5, 0.6) is 0 Å². The van der Waals surface area contributed by atoms with E-state index in [-0.39, 0.29) is 17.9 Å². The Kier molecular flexibility index (Phi) is 3.75. The predicted octanol–water partition coefficient (Wildman–Crippen LogP) is 3.76. The molecule has 26 heavy (non-hydrogen) atoms. The molecule has 0 saturated carbocycles. The fourth-order valence-electron chi connectivity index (χ4n) is 3.21. The summed E-state index contributed by atoms with van der Waals surface area (Å²) in [5, 5.41) is 2.72. The molecule has 0 unspecified atom stereocenters. The second-order valence-electron chi connectivity index (χ2n) is 5.95. The largest absolute Gasteiger partial charge is 0.416 e. The quantitative estimate of drug-likeness (QED) is 0.759. The van der Waals surface area contributed by atoms with E-state index in [0.29, 0.717) is 17.2 Å². The Morgan fingerprint density at radius 1 is 1.15 bits per heavy atom. The summed E-state index contributed by atoms with van der Waals surface area (Å²) in [4.78, 5) is 20.5. The lowest BCUT2D eigenvalue weighted by atomic mass is 9.86. The number of nitrogens with one attached hydrogen (secondary N) is 1. The van der Waals surface area contributed by atoms with E-state index in [0.717, 1.165) is 6.07 Å². The summed E-state index contributed by atoms with van der Waals surface area (Å²) >= 11 is 0. The molecule has 1 aliphatic heterocycles. The van der Waals surface area contributed by atoms with Gasteiger partial charge in [-0.1, -0.05) is 18.2 Å². The van der Waals surface area contributed by atoms with Crippen molar-refractivity contribution in [2.45, 2.75) is 18.5 Å². The molecule has 0 radical (unpaired) electrons. The van der Waals surface area contributed by atoms with E-state index < -0.39 is 17.7 Å². The number of hydrogen-bond donors (Lipinski definition) is 1. The first-order valence-corrected chi connectivity index (χ1v) is 7.89. The van der Waals surface area contributed by atoms with E-state index in [1.54, 1.807) is 29.1 Å². The standard InChI is InChI=1S/C18H13F3N4O/c19-18(20,21)14-6-2-1-5-12(14)13-8-15(26)24-17-16(13)23-10-25(17)11-4-3-7-22-9-11/h1-7,9-10,13H,8H2,(H,24,26)/t13-/m0/s1. The Balaban J connectivity index is 1.86. The van der Waals surface area contributed by atoms with Gasteiger partial charge in [-0.05, 0) is 23.8 Å². The summed E-state index contributed by atoms with van der Waals surface area (Å²) in [6, 6.07) is 8.80. The van der Waals surface area contributed by atoms with Gasteiger partial charge < -0.3 is 5.32 Å². The molecule has 1 amide bonds. The minimum absolute atomic E-state index is 0.0486. The van der Waals surface area contributed by atoms with Crippen LogP contribution in [0.15, 0.2) is 55.1 Å². The molecule has 0 saturated heterocycles. The predicted molar refractivity (Wildman–Crippen MR) is 87.9 cm³/mol. The highest BCUT2D eigenvalue weighted by molar-refractivity contribution is 5.94. The number of amides is 1. The monoisotopic (exact) mass is 358 g/mol. The van der Waals surface area contributed by atoms with Crippen LogP contribution >= 0.6 is 0 Å². The molecule has 2 aromatic heterocycles. The smallest absolute Gasteiger partial charge is 0.310 e. The fourth-order valence-corrected chi connectivity index (χ4v) is 3.21. The Morgan fingerprint density at radius 3 is 2.69 bits per heavy atom. The number of nitrogens with zero attached hydrogens (tertiary/aromatic N) is 3. The van der Waals surface area contributed by atoms with Gasteiger partial charge >= 0.3 is 6.18 Å². The number of alkyl halides is 3. The fraction of sp³-hybridized carbons (Fsp3) is 0.167. The van der Waals surface area contributed by atoms with Gasteiger partial charge in [0.1, 0.15) is 12.1 Å². The Hall–Kier alpha value is -3.16. The summed E-state index contributed by atoms with van der Waals surface area (Å²) in [5.41, 5.74) is 0.366. The number of pyridine rings is 1. The van der Waals surface area contributed by atoms with Crippen LogP contribution in [0.4, 0.5) is 19.0 Å². The first kappa shape index (κ1) is 16.3. The lowest BCUT2D eigenvalue weighted by Gasteiger charge is -2.25. The zero-order valence-corrected chi connectivity index (χ0v) is 13.4. The molecular weight excluding hydrogens is 345 g/mol. The Morgan fingerprint density at radius 2 is 1.96 bits per heavy atom. The zero-order valence-electron chi connectivity index (χ0n) is 13.4. The van der Waals surface area contributed by atoms with Gasteiger partial charge in [-0.3, -0.25) is 14.3 Å². The highest BCUT2D eigenvalue weighted by Gasteiger charge is 2.39. The lowest BCUT2D eigenvalue weighted by molar-refractivity contribution is -0.138. The first-order valence-electron chi connectivity index (χ1n) is 7.89. The number of carbonyl (C=O) groups is 1. The van der Waals surface area contributed by atoms with E-state index >= 15 is 0 Å². The van der Waals surface area contributed by atoms with Crippen molar-refractivity contribution in [3.8, 4) is 5.69 Å². The van der Waals surface area contributed by atoms with Gasteiger partial charge in [-0.2, -0.15) is 13.2 Å². The maximum absolute atomic E-state index is 13.4. The molecule has 4 rings (SSSR count). The second kappa shape index (κ2) is 5.98. The van der Waals surface area contributed by atoms with Crippen molar-refractivity contribution in [3.05, 3.63) is 71.9 Å². The molecule has 0 aliphatic carbocycles. The van der Waals surface area contributed by atoms with E-state index in [1.807, 2.05) is 0 Å². The van der Waals surface area contributed by atoms with Gasteiger partial charge in [0.05, 0.1) is 23.1 Å². The molecule has 1 atom stereocenters. The molecule has 0 bridgehead atoms. The number of rotatable bonds is 2. The van der Waals surface area contributed by atoms with Gasteiger partial charge in [0.15, 0.2) is 0 Å². The number of anilines is 1. The summed E-state index contributed by atoms with van der Waals surface area (Å²) in [7, 11) is 0. The van der Waals surface area contributed by atoms with Crippen LogP contribution in [-0.2, 0) is 11.0 Å². The van der Waals surface area contributed by atoms with E-state index in [1.165, 1.54) is 24.5 Å². The number of halogens is 3. The molecular formula is C18H13F3N4O. The van der Waals surface area contributed by atoms with Crippen molar-refractivity contribution in [1.29, 1.82) is 0 Å². The Bertz CT molecular complexity index is 966. The number of carbonyl (C=O) groups excluding carboxylic acids is 1. The summed E-state index contributed by atoms with van der Waals surface area (Å²) in [6.07, 6.45) is 0.0758. The highest BCUT2D eigenvalue weighted by atomic mass is 19.4. The average molecular weight is 358 g/mol. The zero-order chi connectivity index (χ0) is 18.3. The summed E-state index contributed by atoms with van der Waals surface area (Å²) in [6.45, 7) is 0. The molecule has 132 valence electrons. The van der Waals surface area contributed by atoms with Crippen LogP contribution in [0, 0.1) is 0 Å². The van der Waals surface area contributed by atoms with Crippen molar-refractivity contribution in [2.24, 2.45) is 0 Å². The number of aromatic nitrogens is 3. The van der Waals surface area contributed by atoms with Crippen LogP contribution in [0.25, 0.3) is 5.69 Å². The molecule has 1 aliphatic rings. The maximum atomic E-state index is 13.4. The van der Waals surface area contributed by atoms with E-state index in [9.17, 15) is 18.0 Å². The van der Waals surface area contributed by atoms with Crippen LogP contribution in [0.2, 0.25) is 0 Å². The minimum Gasteiger partial charge on any atom is -0.310 e. The van der Waals surface area contributed by atoms with E-state index in [4.69, 9.17) is 0 Å². The molecule has 0 spiro atoms. The Labute approximate surface area is 146 Å². The number of hydrogen-bond acceptors (Lipinski definition) is 3. The van der Waals surface area contributed by atoms with Crippen LogP contribution in [-0.4, -0.2) is 20.4 Å². The first-order chi connectivity index (χ1) is 12.4. The third-order valence-corrected chi connectivity index (χ3v) is 4.34. The normalized spacial score (nSPS) is 16.9. The second-order valence-corrected chi connectivity index (χ2v) is 5.95. The van der Waals surface area contributed by atoms with Gasteiger partial charge in [0.2, 0.25) is 5.91 Å². The average Bonchev–Trinajstić information content (AvgIpc) is 3.05. The van der Waals surface area contributed by atoms with Crippen molar-refractivity contribution >= 4 is 11.7 Å². The van der Waals surface area contributed by atoms with Gasteiger partial charge in [-0.15, -0.1) is 0 Å². The van der Waals surface area contributed by atoms with Crippen molar-refractivity contribution < 1.29 is 18.0 Å². The number of benzene rings is 1. The lowest BCUT2D eigenvalue weighted by Crippen LogP contribution is -2.26. The van der Waals surface area contributed by atoms with Crippen molar-refractivity contribution in [1.82, 2.24) is 14.5 Å². The topological polar surface area (TPSA) is 59.8 Å². The molecule has 8 heteroatoms. The van der Waals surface area contributed by atoms with Crippen molar-refractivity contribution in [3.63, 3.8) is 0 Å². The molecule has 3 heterocycles. The molecule has 5 nitrogen and oxygen atoms in total. The summed E-state index contributed by atoms with van der Waals surface area (Å²) in [5.74, 6) is -0.754. The molecule has 0 fully saturated rings.